The Morgan fingerprint density at radius 1 is 1.43 bits per heavy atom. The van der Waals surface area contributed by atoms with Crippen molar-refractivity contribution in [2.45, 2.75) is 52.7 Å². The summed E-state index contributed by atoms with van der Waals surface area (Å²) in [6.45, 7) is 9.90. The summed E-state index contributed by atoms with van der Waals surface area (Å²) < 4.78 is 5.77. The fourth-order valence-corrected chi connectivity index (χ4v) is 3.07. The molecule has 1 aliphatic carbocycles. The summed E-state index contributed by atoms with van der Waals surface area (Å²) in [5.41, 5.74) is 0.393. The van der Waals surface area contributed by atoms with Crippen LogP contribution in [0, 0.1) is 5.41 Å². The van der Waals surface area contributed by atoms with Gasteiger partial charge in [-0.1, -0.05) is 20.8 Å². The van der Waals surface area contributed by atoms with Crippen LogP contribution in [0.2, 0.25) is 0 Å². The highest BCUT2D eigenvalue weighted by atomic mass is 16.5. The second kappa shape index (κ2) is 6.52. The van der Waals surface area contributed by atoms with Gasteiger partial charge in [-0.3, -0.25) is 9.78 Å². The Bertz CT molecular complexity index is 476. The van der Waals surface area contributed by atoms with Gasteiger partial charge in [0.25, 0.3) is 5.91 Å². The molecule has 0 spiro atoms. The third kappa shape index (κ3) is 3.07. The lowest BCUT2D eigenvalue weighted by atomic mass is 9.63. The molecular formula is C16H25N3O2. The summed E-state index contributed by atoms with van der Waals surface area (Å²) in [5.74, 6) is -0.0297. The van der Waals surface area contributed by atoms with E-state index in [1.165, 1.54) is 6.20 Å². The first kappa shape index (κ1) is 15.9. The standard InChI is InChI=1S/C16H25N3O2/c1-5-9-19(15(20)12-11-17-7-8-18-12)13-10-14(21-6-2)16(13,3)4/h7-8,11,13-14H,5-6,9-10H2,1-4H3/t13-,14+/m1/s1. The van der Waals surface area contributed by atoms with Crippen molar-refractivity contribution in [3.8, 4) is 0 Å². The molecule has 1 heterocycles. The summed E-state index contributed by atoms with van der Waals surface area (Å²) in [5, 5.41) is 0. The molecule has 116 valence electrons. The zero-order valence-corrected chi connectivity index (χ0v) is 13.4. The van der Waals surface area contributed by atoms with Crippen LogP contribution in [0.15, 0.2) is 18.6 Å². The lowest BCUT2D eigenvalue weighted by molar-refractivity contribution is -0.140. The fourth-order valence-electron chi connectivity index (χ4n) is 3.07. The molecule has 0 radical (unpaired) electrons. The number of carbonyl (C=O) groups excluding carboxylic acids is 1. The van der Waals surface area contributed by atoms with Crippen LogP contribution in [-0.2, 0) is 4.74 Å². The zero-order valence-electron chi connectivity index (χ0n) is 13.4. The molecule has 0 aliphatic heterocycles. The van der Waals surface area contributed by atoms with E-state index in [0.717, 1.165) is 19.4 Å². The molecule has 1 amide bonds. The van der Waals surface area contributed by atoms with Crippen molar-refractivity contribution >= 4 is 5.91 Å². The van der Waals surface area contributed by atoms with Crippen molar-refractivity contribution < 1.29 is 9.53 Å². The quantitative estimate of drug-likeness (QED) is 0.808. The second-order valence-corrected chi connectivity index (χ2v) is 6.11. The monoisotopic (exact) mass is 291 g/mol. The summed E-state index contributed by atoms with van der Waals surface area (Å²) >= 11 is 0. The molecular weight excluding hydrogens is 266 g/mol. The molecule has 2 rings (SSSR count). The lowest BCUT2D eigenvalue weighted by Crippen LogP contribution is -2.63. The number of nitrogens with zero attached hydrogens (tertiary/aromatic N) is 3. The van der Waals surface area contributed by atoms with Crippen LogP contribution < -0.4 is 0 Å². The smallest absolute Gasteiger partial charge is 0.274 e. The molecule has 0 aromatic carbocycles. The predicted octanol–water partition coefficient (Wildman–Crippen LogP) is 2.53. The summed E-state index contributed by atoms with van der Waals surface area (Å²) in [6.07, 6.45) is 6.73. The maximum absolute atomic E-state index is 12.7. The van der Waals surface area contributed by atoms with Crippen molar-refractivity contribution in [1.29, 1.82) is 0 Å². The van der Waals surface area contributed by atoms with Crippen molar-refractivity contribution in [3.05, 3.63) is 24.3 Å². The van der Waals surface area contributed by atoms with Gasteiger partial charge in [0.1, 0.15) is 5.69 Å². The molecule has 0 N–H and O–H groups in total. The van der Waals surface area contributed by atoms with Crippen LogP contribution in [0.3, 0.4) is 0 Å². The molecule has 0 unspecified atom stereocenters. The first-order chi connectivity index (χ1) is 10.0. The molecule has 0 bridgehead atoms. The van der Waals surface area contributed by atoms with E-state index in [2.05, 4.69) is 30.7 Å². The number of ether oxygens (including phenoxy) is 1. The van der Waals surface area contributed by atoms with Crippen LogP contribution in [-0.4, -0.2) is 46.1 Å². The normalized spacial score (nSPS) is 23.4. The highest BCUT2D eigenvalue weighted by Gasteiger charge is 2.52. The molecule has 1 aliphatic rings. The molecule has 2 atom stereocenters. The van der Waals surface area contributed by atoms with Crippen LogP contribution >= 0.6 is 0 Å². The Labute approximate surface area is 126 Å². The third-order valence-corrected chi connectivity index (χ3v) is 4.38. The van der Waals surface area contributed by atoms with Crippen LogP contribution in [0.25, 0.3) is 0 Å². The minimum atomic E-state index is -0.0297. The molecule has 1 fully saturated rings. The Balaban J connectivity index is 2.15. The van der Waals surface area contributed by atoms with E-state index >= 15 is 0 Å². The number of carbonyl (C=O) groups is 1. The van der Waals surface area contributed by atoms with E-state index in [1.54, 1.807) is 12.4 Å². The fraction of sp³-hybridized carbons (Fsp3) is 0.688. The van der Waals surface area contributed by atoms with Gasteiger partial charge in [-0.15, -0.1) is 0 Å². The average molecular weight is 291 g/mol. The van der Waals surface area contributed by atoms with Crippen LogP contribution in [0.1, 0.15) is 51.0 Å². The van der Waals surface area contributed by atoms with Gasteiger partial charge in [0.15, 0.2) is 0 Å². The molecule has 1 saturated carbocycles. The number of aromatic nitrogens is 2. The molecule has 5 nitrogen and oxygen atoms in total. The molecule has 1 aromatic heterocycles. The molecule has 1 aromatic rings. The van der Waals surface area contributed by atoms with E-state index in [4.69, 9.17) is 4.74 Å². The first-order valence-corrected chi connectivity index (χ1v) is 7.70. The maximum atomic E-state index is 12.7. The van der Waals surface area contributed by atoms with Gasteiger partial charge >= 0.3 is 0 Å². The molecule has 0 saturated heterocycles. The third-order valence-electron chi connectivity index (χ3n) is 4.38. The second-order valence-electron chi connectivity index (χ2n) is 6.11. The largest absolute Gasteiger partial charge is 0.378 e. The van der Waals surface area contributed by atoms with Gasteiger partial charge in [-0.2, -0.15) is 0 Å². The van der Waals surface area contributed by atoms with Gasteiger partial charge in [-0.05, 0) is 19.8 Å². The SMILES string of the molecule is CCCN(C(=O)c1cnccn1)[C@@H]1C[C@H](OCC)C1(C)C. The van der Waals surface area contributed by atoms with Gasteiger partial charge in [0, 0.05) is 37.0 Å². The number of hydrogen-bond donors (Lipinski definition) is 0. The predicted molar refractivity (Wildman–Crippen MR) is 81.0 cm³/mol. The molecule has 5 heteroatoms. The van der Waals surface area contributed by atoms with Crippen molar-refractivity contribution in [2.24, 2.45) is 5.41 Å². The van der Waals surface area contributed by atoms with Gasteiger partial charge in [-0.25, -0.2) is 4.98 Å². The minimum absolute atomic E-state index is 0.0248. The summed E-state index contributed by atoms with van der Waals surface area (Å²) in [6, 6.07) is 0.198. The Morgan fingerprint density at radius 2 is 2.19 bits per heavy atom. The highest BCUT2D eigenvalue weighted by Crippen LogP contribution is 2.46. The lowest BCUT2D eigenvalue weighted by Gasteiger charge is -2.55. The van der Waals surface area contributed by atoms with Crippen molar-refractivity contribution in [1.82, 2.24) is 14.9 Å². The Morgan fingerprint density at radius 3 is 2.71 bits per heavy atom. The van der Waals surface area contributed by atoms with Gasteiger partial charge < -0.3 is 9.64 Å². The summed E-state index contributed by atoms with van der Waals surface area (Å²) in [4.78, 5) is 22.8. The van der Waals surface area contributed by atoms with E-state index in [1.807, 2.05) is 11.8 Å². The number of rotatable bonds is 6. The van der Waals surface area contributed by atoms with Crippen LogP contribution in [0.4, 0.5) is 0 Å². The van der Waals surface area contributed by atoms with Crippen molar-refractivity contribution in [3.63, 3.8) is 0 Å². The topological polar surface area (TPSA) is 55.3 Å². The van der Waals surface area contributed by atoms with Crippen molar-refractivity contribution in [2.75, 3.05) is 13.2 Å². The first-order valence-electron chi connectivity index (χ1n) is 7.70. The summed E-state index contributed by atoms with van der Waals surface area (Å²) in [7, 11) is 0. The number of hydrogen-bond acceptors (Lipinski definition) is 4. The minimum Gasteiger partial charge on any atom is -0.378 e. The number of amides is 1. The Kier molecular flexibility index (Phi) is 4.93. The van der Waals surface area contributed by atoms with Gasteiger partial charge in [0.05, 0.1) is 12.3 Å². The Hall–Kier alpha value is -1.49. The van der Waals surface area contributed by atoms with E-state index in [0.29, 0.717) is 12.3 Å². The highest BCUT2D eigenvalue weighted by molar-refractivity contribution is 5.92. The average Bonchev–Trinajstić information content (AvgIpc) is 2.49. The maximum Gasteiger partial charge on any atom is 0.274 e. The zero-order chi connectivity index (χ0) is 15.5. The van der Waals surface area contributed by atoms with Gasteiger partial charge in [0.2, 0.25) is 0 Å². The molecule has 21 heavy (non-hydrogen) atoms. The van der Waals surface area contributed by atoms with Crippen LogP contribution in [0.5, 0.6) is 0 Å². The van der Waals surface area contributed by atoms with E-state index < -0.39 is 0 Å². The van der Waals surface area contributed by atoms with E-state index in [9.17, 15) is 4.79 Å². The van der Waals surface area contributed by atoms with E-state index in [-0.39, 0.29) is 23.5 Å².